The molecule has 0 spiro atoms. The van der Waals surface area contributed by atoms with E-state index < -0.39 is 0 Å². The Morgan fingerprint density at radius 1 is 1.33 bits per heavy atom. The third kappa shape index (κ3) is 2.37. The predicted octanol–water partition coefficient (Wildman–Crippen LogP) is 3.78. The molecule has 5 heteroatoms. The molecule has 1 saturated carbocycles. The maximum Gasteiger partial charge on any atom is 0.158 e. The van der Waals surface area contributed by atoms with Crippen LogP contribution in [0.3, 0.4) is 0 Å². The van der Waals surface area contributed by atoms with Crippen LogP contribution in [0.5, 0.6) is 0 Å². The molecule has 2 aromatic heterocycles. The van der Waals surface area contributed by atoms with Crippen LogP contribution in [-0.4, -0.2) is 25.2 Å². The van der Waals surface area contributed by atoms with Gasteiger partial charge in [0.05, 0.1) is 5.69 Å². The van der Waals surface area contributed by atoms with E-state index in [1.807, 2.05) is 6.92 Å². The van der Waals surface area contributed by atoms with Gasteiger partial charge in [-0.3, -0.25) is 0 Å². The second kappa shape index (κ2) is 5.31. The molecule has 4 nitrogen and oxygen atoms in total. The first-order valence-corrected chi connectivity index (χ1v) is 8.54. The molecule has 0 N–H and O–H groups in total. The summed E-state index contributed by atoms with van der Waals surface area (Å²) in [5, 5.41) is 4.63. The highest BCUT2D eigenvalue weighted by molar-refractivity contribution is 6.17. The molecular formula is C16H25ClN4. The summed E-state index contributed by atoms with van der Waals surface area (Å²) in [5.41, 5.74) is 3.71. The average Bonchev–Trinajstić information content (AvgIpc) is 3.07. The van der Waals surface area contributed by atoms with Gasteiger partial charge in [-0.2, -0.15) is 5.10 Å². The van der Waals surface area contributed by atoms with Crippen molar-refractivity contribution >= 4 is 22.8 Å². The van der Waals surface area contributed by atoms with Gasteiger partial charge in [-0.15, -0.1) is 11.6 Å². The number of rotatable bonds is 6. The molecule has 1 aliphatic carbocycles. The highest BCUT2D eigenvalue weighted by Crippen LogP contribution is 2.53. The molecule has 0 saturated heterocycles. The van der Waals surface area contributed by atoms with E-state index in [-0.39, 0.29) is 0 Å². The highest BCUT2D eigenvalue weighted by atomic mass is 35.5. The number of halogens is 1. The third-order valence-corrected chi connectivity index (χ3v) is 5.27. The third-order valence-electron chi connectivity index (χ3n) is 5.09. The zero-order chi connectivity index (χ0) is 15.2. The van der Waals surface area contributed by atoms with Crippen LogP contribution >= 0.6 is 11.6 Å². The van der Waals surface area contributed by atoms with Crippen LogP contribution in [0.1, 0.15) is 45.1 Å². The van der Waals surface area contributed by atoms with Gasteiger partial charge in [0.1, 0.15) is 11.3 Å². The monoisotopic (exact) mass is 308 g/mol. The van der Waals surface area contributed by atoms with Gasteiger partial charge in [-0.1, -0.05) is 13.8 Å². The van der Waals surface area contributed by atoms with Crippen molar-refractivity contribution in [2.75, 3.05) is 5.88 Å². The lowest BCUT2D eigenvalue weighted by Crippen LogP contribution is -2.20. The lowest BCUT2D eigenvalue weighted by Gasteiger charge is -2.22. The fourth-order valence-electron chi connectivity index (χ4n) is 3.33. The number of aryl methyl sites for hydroxylation is 3. The van der Waals surface area contributed by atoms with Crippen molar-refractivity contribution in [3.8, 4) is 0 Å². The molecule has 0 atom stereocenters. The molecule has 2 heterocycles. The summed E-state index contributed by atoms with van der Waals surface area (Å²) < 4.78 is 4.49. The minimum Gasteiger partial charge on any atom is -0.312 e. The zero-order valence-electron chi connectivity index (χ0n) is 13.5. The van der Waals surface area contributed by atoms with Crippen LogP contribution in [0, 0.1) is 18.3 Å². The minimum atomic E-state index is 0.450. The molecular weight excluding hydrogens is 284 g/mol. The fourth-order valence-corrected chi connectivity index (χ4v) is 3.49. The van der Waals surface area contributed by atoms with E-state index in [1.54, 1.807) is 0 Å². The Morgan fingerprint density at radius 2 is 2.05 bits per heavy atom. The second-order valence-corrected chi connectivity index (χ2v) is 7.02. The van der Waals surface area contributed by atoms with E-state index >= 15 is 0 Å². The summed E-state index contributed by atoms with van der Waals surface area (Å²) >= 11 is 5.99. The van der Waals surface area contributed by atoms with E-state index in [9.17, 15) is 0 Å². The van der Waals surface area contributed by atoms with Crippen molar-refractivity contribution in [3.63, 3.8) is 0 Å². The Kier molecular flexibility index (Phi) is 3.76. The molecule has 1 aliphatic rings. The van der Waals surface area contributed by atoms with Gasteiger partial charge in [0.15, 0.2) is 5.65 Å². The maximum absolute atomic E-state index is 5.99. The number of hydrogen-bond donors (Lipinski definition) is 0. The maximum atomic E-state index is 5.99. The van der Waals surface area contributed by atoms with Crippen molar-refractivity contribution in [1.82, 2.24) is 19.3 Å². The van der Waals surface area contributed by atoms with Gasteiger partial charge >= 0.3 is 0 Å². The molecule has 0 amide bonds. The smallest absolute Gasteiger partial charge is 0.158 e. The van der Waals surface area contributed by atoms with Crippen LogP contribution in [0.4, 0.5) is 0 Å². The Morgan fingerprint density at radius 3 is 2.57 bits per heavy atom. The van der Waals surface area contributed by atoms with Crippen LogP contribution in [0.15, 0.2) is 0 Å². The molecule has 3 rings (SSSR count). The van der Waals surface area contributed by atoms with Crippen molar-refractivity contribution in [2.45, 2.75) is 60.0 Å². The second-order valence-electron chi connectivity index (χ2n) is 6.64. The molecule has 116 valence electrons. The van der Waals surface area contributed by atoms with E-state index in [0.717, 1.165) is 36.5 Å². The summed E-state index contributed by atoms with van der Waals surface area (Å²) in [6.45, 7) is 10.8. The van der Waals surface area contributed by atoms with Gasteiger partial charge in [0, 0.05) is 25.4 Å². The lowest BCUT2D eigenvalue weighted by molar-refractivity contribution is 0.307. The quantitative estimate of drug-likeness (QED) is 0.761. The van der Waals surface area contributed by atoms with E-state index in [0.29, 0.717) is 17.2 Å². The molecule has 0 bridgehead atoms. The van der Waals surface area contributed by atoms with Crippen LogP contribution in [0.25, 0.3) is 11.2 Å². The van der Waals surface area contributed by atoms with Crippen molar-refractivity contribution in [3.05, 3.63) is 11.5 Å². The van der Waals surface area contributed by atoms with Crippen molar-refractivity contribution in [2.24, 2.45) is 11.3 Å². The largest absolute Gasteiger partial charge is 0.312 e. The van der Waals surface area contributed by atoms with Gasteiger partial charge < -0.3 is 4.57 Å². The molecule has 21 heavy (non-hydrogen) atoms. The summed E-state index contributed by atoms with van der Waals surface area (Å²) in [7, 11) is 0. The zero-order valence-corrected chi connectivity index (χ0v) is 14.2. The summed E-state index contributed by atoms with van der Waals surface area (Å²) in [4.78, 5) is 4.84. The first-order valence-electron chi connectivity index (χ1n) is 8.01. The molecule has 2 aromatic rings. The number of fused-ring (bicyclic) bond motifs is 1. The topological polar surface area (TPSA) is 35.6 Å². The van der Waals surface area contributed by atoms with Gasteiger partial charge in [0.25, 0.3) is 0 Å². The summed E-state index contributed by atoms with van der Waals surface area (Å²) in [5.74, 6) is 2.44. The van der Waals surface area contributed by atoms with E-state index in [4.69, 9.17) is 16.6 Å². The number of aromatic nitrogens is 4. The van der Waals surface area contributed by atoms with Gasteiger partial charge in [-0.05, 0) is 38.0 Å². The summed E-state index contributed by atoms with van der Waals surface area (Å²) in [6.07, 6.45) is 3.47. The molecule has 0 aliphatic heterocycles. The Bertz CT molecular complexity index is 649. The number of hydrogen-bond acceptors (Lipinski definition) is 2. The normalized spacial score (nSPS) is 17.0. The Labute approximate surface area is 131 Å². The molecule has 1 fully saturated rings. The lowest BCUT2D eigenvalue weighted by atomic mass is 9.92. The summed E-state index contributed by atoms with van der Waals surface area (Å²) in [6, 6.07) is 0. The Hall–Kier alpha value is -1.03. The SMILES string of the molecule is CCn1nc(C)c2nc(CCCl)n(CC3(C(C)C)CC3)c21. The Balaban J connectivity index is 2.11. The number of imidazole rings is 1. The highest BCUT2D eigenvalue weighted by Gasteiger charge is 2.46. The molecule has 0 aromatic carbocycles. The standard InChI is InChI=1S/C16H25ClN4/c1-5-21-15-14(12(4)19-21)18-13(6-9-17)20(15)10-16(7-8-16)11(2)3/h11H,5-10H2,1-4H3. The van der Waals surface area contributed by atoms with E-state index in [1.165, 1.54) is 18.5 Å². The van der Waals surface area contributed by atoms with Crippen LogP contribution in [0.2, 0.25) is 0 Å². The molecule has 0 radical (unpaired) electrons. The number of alkyl halides is 1. The fraction of sp³-hybridized carbons (Fsp3) is 0.750. The first-order chi connectivity index (χ1) is 10.0. The van der Waals surface area contributed by atoms with Gasteiger partial charge in [0.2, 0.25) is 0 Å². The van der Waals surface area contributed by atoms with E-state index in [2.05, 4.69) is 35.1 Å². The first kappa shape index (κ1) is 14.9. The molecule has 0 unspecified atom stereocenters. The van der Waals surface area contributed by atoms with Crippen LogP contribution in [-0.2, 0) is 19.5 Å². The minimum absolute atomic E-state index is 0.450. The van der Waals surface area contributed by atoms with Crippen molar-refractivity contribution in [1.29, 1.82) is 0 Å². The number of nitrogens with zero attached hydrogens (tertiary/aromatic N) is 4. The average molecular weight is 309 g/mol. The predicted molar refractivity (Wildman–Crippen MR) is 86.9 cm³/mol. The van der Waals surface area contributed by atoms with Gasteiger partial charge in [-0.25, -0.2) is 9.67 Å². The van der Waals surface area contributed by atoms with Crippen LogP contribution < -0.4 is 0 Å². The van der Waals surface area contributed by atoms with Crippen molar-refractivity contribution < 1.29 is 0 Å².